The van der Waals surface area contributed by atoms with Crippen LogP contribution >= 0.6 is 11.8 Å². The zero-order chi connectivity index (χ0) is 16.2. The third kappa shape index (κ3) is 4.17. The van der Waals surface area contributed by atoms with Gasteiger partial charge in [0.05, 0.1) is 33.0 Å². The maximum atomic E-state index is 12.2. The predicted octanol–water partition coefficient (Wildman–Crippen LogP) is 2.28. The first-order valence-corrected chi connectivity index (χ1v) is 8.86. The zero-order valence-electron chi connectivity index (χ0n) is 14.0. The lowest BCUT2D eigenvalue weighted by atomic mass is 10.2. The van der Waals surface area contributed by atoms with Gasteiger partial charge in [0.1, 0.15) is 5.75 Å². The fourth-order valence-electron chi connectivity index (χ4n) is 3.03. The van der Waals surface area contributed by atoms with Crippen molar-refractivity contribution in [2.75, 3.05) is 34.3 Å². The maximum absolute atomic E-state index is 12.2. The van der Waals surface area contributed by atoms with Crippen molar-refractivity contribution in [1.29, 1.82) is 0 Å². The van der Waals surface area contributed by atoms with Crippen molar-refractivity contribution in [3.8, 4) is 5.75 Å². The van der Waals surface area contributed by atoms with Crippen LogP contribution in [0.3, 0.4) is 0 Å². The molecule has 1 aromatic rings. The highest BCUT2D eigenvalue weighted by molar-refractivity contribution is 7.99. The number of hydrogen-bond acceptors (Lipinski definition) is 3. The molecule has 0 aromatic heterocycles. The van der Waals surface area contributed by atoms with Gasteiger partial charge in [-0.05, 0) is 24.6 Å². The molecule has 22 heavy (non-hydrogen) atoms. The molecule has 1 N–H and O–H groups in total. The van der Waals surface area contributed by atoms with Crippen molar-refractivity contribution in [2.45, 2.75) is 30.4 Å². The highest BCUT2D eigenvalue weighted by Crippen LogP contribution is 2.33. The first-order chi connectivity index (χ1) is 10.5. The van der Waals surface area contributed by atoms with E-state index in [1.54, 1.807) is 7.11 Å². The smallest absolute Gasteiger partial charge is 0.278 e. The van der Waals surface area contributed by atoms with Gasteiger partial charge in [0, 0.05) is 18.7 Å². The quantitative estimate of drug-likeness (QED) is 0.816. The Bertz CT molecular complexity index is 502. The summed E-state index contributed by atoms with van der Waals surface area (Å²) in [5.41, 5.74) is 1.30. The Morgan fingerprint density at radius 1 is 1.36 bits per heavy atom. The van der Waals surface area contributed by atoms with E-state index in [4.69, 9.17) is 4.74 Å². The molecule has 0 aliphatic carbocycles. The molecule has 1 heterocycles. The molecule has 0 spiro atoms. The zero-order valence-corrected chi connectivity index (χ0v) is 14.8. The van der Waals surface area contributed by atoms with Crippen molar-refractivity contribution >= 4 is 17.7 Å². The first kappa shape index (κ1) is 17.2. The average molecular weight is 323 g/mol. The van der Waals surface area contributed by atoms with Crippen LogP contribution in [-0.2, 0) is 10.5 Å². The number of nitrogens with one attached hydrogen (secondary N) is 1. The Hall–Kier alpha value is -1.20. The van der Waals surface area contributed by atoms with Gasteiger partial charge in [0.25, 0.3) is 5.91 Å². The molecular formula is C17H27N2O2S+. The molecule has 1 aliphatic heterocycles. The Morgan fingerprint density at radius 3 is 2.64 bits per heavy atom. The van der Waals surface area contributed by atoms with E-state index >= 15 is 0 Å². The normalized spacial score (nSPS) is 23.3. The number of ether oxygens (including phenoxy) is 1. The van der Waals surface area contributed by atoms with E-state index in [0.717, 1.165) is 29.0 Å². The second-order valence-corrected chi connectivity index (χ2v) is 7.68. The second kappa shape index (κ2) is 7.38. The molecule has 1 saturated heterocycles. The molecule has 2 atom stereocenters. The lowest BCUT2D eigenvalue weighted by molar-refractivity contribution is -0.892. The largest absolute Gasteiger partial charge is 0.497 e. The van der Waals surface area contributed by atoms with Gasteiger partial charge in [0.2, 0.25) is 0 Å². The number of benzene rings is 1. The predicted molar refractivity (Wildman–Crippen MR) is 92.1 cm³/mol. The van der Waals surface area contributed by atoms with Crippen LogP contribution in [0, 0.1) is 0 Å². The lowest BCUT2D eigenvalue weighted by Gasteiger charge is -2.30. The van der Waals surface area contributed by atoms with Crippen LogP contribution in [0.5, 0.6) is 5.75 Å². The van der Waals surface area contributed by atoms with Crippen LogP contribution in [0.4, 0.5) is 0 Å². The molecule has 0 bridgehead atoms. The Morgan fingerprint density at radius 2 is 2.05 bits per heavy atom. The summed E-state index contributed by atoms with van der Waals surface area (Å²) in [4.78, 5) is 12.2. The number of likely N-dealkylation sites (tertiary alicyclic amines) is 1. The summed E-state index contributed by atoms with van der Waals surface area (Å²) < 4.78 is 5.97. The number of nitrogens with zero attached hydrogens (tertiary/aromatic N) is 1. The fraction of sp³-hybridized carbons (Fsp3) is 0.588. The van der Waals surface area contributed by atoms with Gasteiger partial charge in [-0.1, -0.05) is 12.1 Å². The molecule has 2 rings (SSSR count). The van der Waals surface area contributed by atoms with Gasteiger partial charge in [-0.3, -0.25) is 4.79 Å². The molecule has 1 aliphatic rings. The first-order valence-electron chi connectivity index (χ1n) is 7.81. The minimum atomic E-state index is 0.0771. The minimum absolute atomic E-state index is 0.0771. The van der Waals surface area contributed by atoms with Gasteiger partial charge in [-0.2, -0.15) is 0 Å². The average Bonchev–Trinajstić information content (AvgIpc) is 2.81. The Balaban J connectivity index is 1.90. The molecule has 1 aromatic carbocycles. The van der Waals surface area contributed by atoms with Gasteiger partial charge < -0.3 is 14.5 Å². The summed E-state index contributed by atoms with van der Waals surface area (Å²) in [5.74, 6) is 2.07. The number of likely N-dealkylation sites (N-methyl/N-ethyl adjacent to an activating group) is 2. The number of amides is 1. The summed E-state index contributed by atoms with van der Waals surface area (Å²) >= 11 is 1.96. The van der Waals surface area contributed by atoms with E-state index in [9.17, 15) is 4.79 Å². The van der Waals surface area contributed by atoms with Crippen molar-refractivity contribution in [3.63, 3.8) is 0 Å². The Labute approximate surface area is 137 Å². The molecule has 4 nitrogen and oxygen atoms in total. The lowest BCUT2D eigenvalue weighted by Crippen LogP contribution is -2.52. The summed E-state index contributed by atoms with van der Waals surface area (Å²) in [7, 11) is 6.01. The van der Waals surface area contributed by atoms with Gasteiger partial charge in [-0.25, -0.2) is 0 Å². The van der Waals surface area contributed by atoms with Gasteiger partial charge >= 0.3 is 0 Å². The van der Waals surface area contributed by atoms with Crippen LogP contribution in [0.25, 0.3) is 0 Å². The summed E-state index contributed by atoms with van der Waals surface area (Å²) in [6.45, 7) is 3.73. The number of carbonyl (C=O) groups excluding carboxylic acids is 1. The van der Waals surface area contributed by atoms with Crippen molar-refractivity contribution in [1.82, 2.24) is 5.32 Å². The topological polar surface area (TPSA) is 38.3 Å². The Kier molecular flexibility index (Phi) is 5.75. The molecule has 1 fully saturated rings. The van der Waals surface area contributed by atoms with E-state index < -0.39 is 0 Å². The fourth-order valence-corrected chi connectivity index (χ4v) is 4.46. The number of rotatable bonds is 6. The highest BCUT2D eigenvalue weighted by atomic mass is 32.2. The SMILES string of the molecule is CCNC(=O)[C@@H]1C[C@H](SCc2ccc(OC)cc2)C[N+]1(C)C. The number of hydrogen-bond donors (Lipinski definition) is 1. The third-order valence-electron chi connectivity index (χ3n) is 4.30. The van der Waals surface area contributed by atoms with Crippen molar-refractivity contribution < 1.29 is 14.0 Å². The number of quaternary nitrogens is 1. The third-order valence-corrected chi connectivity index (χ3v) is 5.62. The van der Waals surface area contributed by atoms with Crippen LogP contribution in [0.2, 0.25) is 0 Å². The number of thioether (sulfide) groups is 1. The van der Waals surface area contributed by atoms with Crippen LogP contribution in [-0.4, -0.2) is 56.0 Å². The number of carbonyl (C=O) groups is 1. The van der Waals surface area contributed by atoms with E-state index in [1.807, 2.05) is 30.8 Å². The summed E-state index contributed by atoms with van der Waals surface area (Å²) in [6, 6.07) is 8.31. The summed E-state index contributed by atoms with van der Waals surface area (Å²) in [6.07, 6.45) is 0.958. The second-order valence-electron chi connectivity index (χ2n) is 6.39. The number of methoxy groups -OCH3 is 1. The molecule has 0 radical (unpaired) electrons. The molecule has 5 heteroatoms. The summed E-state index contributed by atoms with van der Waals surface area (Å²) in [5, 5.41) is 3.50. The van der Waals surface area contributed by atoms with Gasteiger partial charge in [-0.15, -0.1) is 11.8 Å². The van der Waals surface area contributed by atoms with E-state index in [1.165, 1.54) is 5.56 Å². The maximum Gasteiger partial charge on any atom is 0.278 e. The molecule has 0 saturated carbocycles. The van der Waals surface area contributed by atoms with Crippen LogP contribution in [0.15, 0.2) is 24.3 Å². The van der Waals surface area contributed by atoms with E-state index in [2.05, 4.69) is 31.5 Å². The monoisotopic (exact) mass is 323 g/mol. The van der Waals surface area contributed by atoms with Gasteiger partial charge in [0.15, 0.2) is 6.04 Å². The van der Waals surface area contributed by atoms with Crippen LogP contribution in [0.1, 0.15) is 18.9 Å². The molecule has 1 amide bonds. The van der Waals surface area contributed by atoms with Crippen LogP contribution < -0.4 is 10.1 Å². The van der Waals surface area contributed by atoms with E-state index in [-0.39, 0.29) is 11.9 Å². The van der Waals surface area contributed by atoms with E-state index in [0.29, 0.717) is 11.8 Å². The molecule has 122 valence electrons. The highest BCUT2D eigenvalue weighted by Gasteiger charge is 2.45. The minimum Gasteiger partial charge on any atom is -0.497 e. The molecular weight excluding hydrogens is 296 g/mol. The van der Waals surface area contributed by atoms with Crippen molar-refractivity contribution in [2.24, 2.45) is 0 Å². The standard InChI is InChI=1S/C17H26N2O2S/c1-5-18-17(20)16-10-15(11-19(16,2)3)22-12-13-6-8-14(21-4)9-7-13/h6-9,15-16H,5,10-12H2,1-4H3/p+1/t15-,16-/m0/s1. The molecule has 0 unspecified atom stereocenters. The van der Waals surface area contributed by atoms with Crippen molar-refractivity contribution in [3.05, 3.63) is 29.8 Å².